The average Bonchev–Trinajstić information content (AvgIpc) is 3.09. The van der Waals surface area contributed by atoms with Crippen LogP contribution < -0.4 is 10.5 Å². The van der Waals surface area contributed by atoms with E-state index in [1.165, 1.54) is 6.26 Å². The monoisotopic (exact) mass is 299 g/mol. The van der Waals surface area contributed by atoms with E-state index < -0.39 is 20.5 Å². The first-order valence-corrected chi connectivity index (χ1v) is 8.38. The van der Waals surface area contributed by atoms with Gasteiger partial charge in [0.1, 0.15) is 5.75 Å². The van der Waals surface area contributed by atoms with E-state index in [1.807, 2.05) is 24.3 Å². The first kappa shape index (κ1) is 15.3. The number of rotatable bonds is 6. The summed E-state index contributed by atoms with van der Waals surface area (Å²) < 4.78 is 34.4. The van der Waals surface area contributed by atoms with E-state index in [-0.39, 0.29) is 12.5 Å². The predicted molar refractivity (Wildman–Crippen MR) is 77.7 cm³/mol. The van der Waals surface area contributed by atoms with Gasteiger partial charge in [-0.2, -0.15) is 0 Å². The third kappa shape index (κ3) is 2.43. The van der Waals surface area contributed by atoms with E-state index in [4.69, 9.17) is 15.2 Å². The highest BCUT2D eigenvalue weighted by Gasteiger charge is 2.69. The molecule has 3 atom stereocenters. The van der Waals surface area contributed by atoms with E-state index in [1.54, 1.807) is 14.2 Å². The molecule has 1 aromatic carbocycles. The largest absolute Gasteiger partial charge is 0.497 e. The van der Waals surface area contributed by atoms with Gasteiger partial charge in [-0.1, -0.05) is 12.1 Å². The Kier molecular flexibility index (Phi) is 4.09. The zero-order valence-electron chi connectivity index (χ0n) is 12.0. The first-order chi connectivity index (χ1) is 9.40. The van der Waals surface area contributed by atoms with Crippen molar-refractivity contribution < 1.29 is 17.9 Å². The molecule has 2 rings (SSSR count). The lowest BCUT2D eigenvalue weighted by Crippen LogP contribution is -2.28. The van der Waals surface area contributed by atoms with Crippen LogP contribution in [0.2, 0.25) is 0 Å². The maximum atomic E-state index is 12.0. The quantitative estimate of drug-likeness (QED) is 0.840. The molecule has 2 N–H and O–H groups in total. The van der Waals surface area contributed by atoms with Gasteiger partial charge in [0.2, 0.25) is 0 Å². The molecule has 0 bridgehead atoms. The third-order valence-electron chi connectivity index (χ3n) is 4.11. The van der Waals surface area contributed by atoms with E-state index in [2.05, 4.69) is 0 Å². The topological polar surface area (TPSA) is 78.6 Å². The molecule has 0 spiro atoms. The van der Waals surface area contributed by atoms with Crippen LogP contribution in [0.5, 0.6) is 5.75 Å². The van der Waals surface area contributed by atoms with Crippen LogP contribution >= 0.6 is 0 Å². The molecule has 1 aromatic rings. The zero-order valence-corrected chi connectivity index (χ0v) is 12.8. The maximum Gasteiger partial charge on any atom is 0.151 e. The van der Waals surface area contributed by atoms with E-state index in [0.717, 1.165) is 11.3 Å². The highest BCUT2D eigenvalue weighted by atomic mass is 32.2. The Balaban J connectivity index is 2.37. The summed E-state index contributed by atoms with van der Waals surface area (Å²) in [5.74, 6) is 0.628. The molecule has 0 radical (unpaired) electrons. The van der Waals surface area contributed by atoms with Crippen molar-refractivity contribution in [3.05, 3.63) is 29.8 Å². The molecule has 5 nitrogen and oxygen atoms in total. The van der Waals surface area contributed by atoms with Crippen molar-refractivity contribution in [2.45, 2.75) is 11.2 Å². The van der Waals surface area contributed by atoms with Crippen LogP contribution in [0, 0.1) is 5.41 Å². The number of nitrogens with two attached hydrogens (primary N) is 1. The van der Waals surface area contributed by atoms with E-state index >= 15 is 0 Å². The van der Waals surface area contributed by atoms with Crippen molar-refractivity contribution in [1.82, 2.24) is 0 Å². The molecule has 0 heterocycles. The molecule has 1 saturated carbocycles. The summed E-state index contributed by atoms with van der Waals surface area (Å²) in [6.07, 6.45) is 1.27. The van der Waals surface area contributed by atoms with E-state index in [0.29, 0.717) is 6.61 Å². The Morgan fingerprint density at radius 3 is 2.25 bits per heavy atom. The van der Waals surface area contributed by atoms with Crippen molar-refractivity contribution in [2.24, 2.45) is 11.1 Å². The van der Waals surface area contributed by atoms with Crippen molar-refractivity contribution >= 4 is 9.84 Å². The molecular formula is C14H21NO4S. The fraction of sp³-hybridized carbons (Fsp3) is 0.571. The number of sulfone groups is 1. The summed E-state index contributed by atoms with van der Waals surface area (Å²) in [6, 6.07) is 7.46. The van der Waals surface area contributed by atoms with Gasteiger partial charge in [0.05, 0.1) is 19.0 Å². The number of hydrogen-bond acceptors (Lipinski definition) is 5. The summed E-state index contributed by atoms with van der Waals surface area (Å²) in [4.78, 5) is 0. The minimum absolute atomic E-state index is 0.117. The Bertz CT molecular complexity index is 569. The second-order valence-corrected chi connectivity index (χ2v) is 7.54. The molecule has 0 saturated heterocycles. The summed E-state index contributed by atoms with van der Waals surface area (Å²) in [5.41, 5.74) is 6.30. The number of ether oxygens (including phenoxy) is 2. The Labute approximate surface area is 120 Å². The summed E-state index contributed by atoms with van der Waals surface area (Å²) in [6.45, 7) is 0.632. The van der Waals surface area contributed by atoms with Gasteiger partial charge in [0.25, 0.3) is 0 Å². The van der Waals surface area contributed by atoms with Gasteiger partial charge in [0.15, 0.2) is 9.84 Å². The van der Waals surface area contributed by atoms with Gasteiger partial charge < -0.3 is 15.2 Å². The van der Waals surface area contributed by atoms with Crippen molar-refractivity contribution in [1.29, 1.82) is 0 Å². The minimum atomic E-state index is -3.18. The summed E-state index contributed by atoms with van der Waals surface area (Å²) >= 11 is 0. The lowest BCUT2D eigenvalue weighted by molar-refractivity contribution is 0.142. The Hall–Kier alpha value is -1.11. The summed E-state index contributed by atoms with van der Waals surface area (Å²) in [7, 11) is -0.00843. The number of methoxy groups -OCH3 is 2. The van der Waals surface area contributed by atoms with Crippen molar-refractivity contribution in [3.63, 3.8) is 0 Å². The second kappa shape index (κ2) is 5.35. The normalized spacial score (nSPS) is 29.2. The van der Waals surface area contributed by atoms with Crippen molar-refractivity contribution in [3.8, 4) is 5.75 Å². The molecule has 1 aliphatic carbocycles. The zero-order chi connectivity index (χ0) is 15.0. The Morgan fingerprint density at radius 1 is 1.25 bits per heavy atom. The van der Waals surface area contributed by atoms with Crippen molar-refractivity contribution in [2.75, 3.05) is 33.6 Å². The SMILES string of the molecule is COC[C@@]1(CN)[C@H](c2ccc(OC)cc2)[C@@H]1S(C)(=O)=O. The number of benzene rings is 1. The molecule has 1 aliphatic rings. The molecule has 0 unspecified atom stereocenters. The van der Waals surface area contributed by atoms with Gasteiger partial charge in [-0.3, -0.25) is 0 Å². The van der Waals surface area contributed by atoms with Crippen LogP contribution in [0.25, 0.3) is 0 Å². The second-order valence-electron chi connectivity index (χ2n) is 5.37. The molecule has 1 fully saturated rings. The molecule has 0 aromatic heterocycles. The first-order valence-electron chi connectivity index (χ1n) is 6.42. The average molecular weight is 299 g/mol. The van der Waals surface area contributed by atoms with Crippen LogP contribution in [-0.2, 0) is 14.6 Å². The minimum Gasteiger partial charge on any atom is -0.497 e. The lowest BCUT2D eigenvalue weighted by Gasteiger charge is -2.14. The van der Waals surface area contributed by atoms with Crippen LogP contribution in [0.1, 0.15) is 11.5 Å². The fourth-order valence-electron chi connectivity index (χ4n) is 3.19. The Morgan fingerprint density at radius 2 is 1.85 bits per heavy atom. The third-order valence-corrected chi connectivity index (χ3v) is 5.77. The van der Waals surface area contributed by atoms with Gasteiger partial charge in [-0.15, -0.1) is 0 Å². The van der Waals surface area contributed by atoms with E-state index in [9.17, 15) is 8.42 Å². The summed E-state index contributed by atoms with van der Waals surface area (Å²) in [5, 5.41) is -0.478. The molecular weight excluding hydrogens is 278 g/mol. The predicted octanol–water partition coefficient (Wildman–Crippen LogP) is 0.797. The van der Waals surface area contributed by atoms with Gasteiger partial charge >= 0.3 is 0 Å². The van der Waals surface area contributed by atoms with Crippen LogP contribution in [0.15, 0.2) is 24.3 Å². The maximum absolute atomic E-state index is 12.0. The van der Waals surface area contributed by atoms with Crippen LogP contribution in [0.4, 0.5) is 0 Å². The highest BCUT2D eigenvalue weighted by molar-refractivity contribution is 7.91. The molecule has 20 heavy (non-hydrogen) atoms. The molecule has 6 heteroatoms. The highest BCUT2D eigenvalue weighted by Crippen LogP contribution is 2.62. The van der Waals surface area contributed by atoms with Gasteiger partial charge in [-0.25, -0.2) is 8.42 Å². The van der Waals surface area contributed by atoms with Crippen LogP contribution in [0.3, 0.4) is 0 Å². The van der Waals surface area contributed by atoms with Gasteiger partial charge in [0, 0.05) is 31.2 Å². The lowest BCUT2D eigenvalue weighted by atomic mass is 10.00. The van der Waals surface area contributed by atoms with Gasteiger partial charge in [-0.05, 0) is 17.7 Å². The molecule has 0 aliphatic heterocycles. The fourth-order valence-corrected chi connectivity index (χ4v) is 5.20. The smallest absolute Gasteiger partial charge is 0.151 e. The molecule has 0 amide bonds. The number of hydrogen-bond donors (Lipinski definition) is 1. The standard InChI is InChI=1S/C14H21NO4S/c1-18-9-14(8-15)12(13(14)20(3,16)17)10-4-6-11(19-2)7-5-10/h4-7,12-13H,8-9,15H2,1-3H3/t12-,13+,14+/m1/s1. The molecule has 112 valence electrons. The van der Waals surface area contributed by atoms with Crippen LogP contribution in [-0.4, -0.2) is 47.3 Å².